The number of carbonyl (C=O) groups is 4. The predicted octanol–water partition coefficient (Wildman–Crippen LogP) is 6.76. The predicted molar refractivity (Wildman–Crippen MR) is 221 cm³/mol. The van der Waals surface area contributed by atoms with E-state index in [0.29, 0.717) is 25.8 Å². The van der Waals surface area contributed by atoms with E-state index in [-0.39, 0.29) is 78.6 Å². The molecule has 2 heterocycles. The van der Waals surface area contributed by atoms with Crippen LogP contribution in [0, 0.1) is 35.5 Å². The van der Waals surface area contributed by atoms with Gasteiger partial charge in [-0.25, -0.2) is 4.98 Å². The third kappa shape index (κ3) is 12.3. The lowest BCUT2D eigenvalue weighted by Gasteiger charge is -2.41. The Morgan fingerprint density at radius 1 is 0.964 bits per heavy atom. The van der Waals surface area contributed by atoms with E-state index in [1.807, 2.05) is 82.1 Å². The molecule has 1 aliphatic heterocycles. The number of likely N-dealkylation sites (tertiary alicyclic amines) is 1. The average molecular weight is 783 g/mol. The molecular weight excluding hydrogens is 713 g/mol. The van der Waals surface area contributed by atoms with Crippen molar-refractivity contribution in [1.29, 1.82) is 0 Å². The van der Waals surface area contributed by atoms with Crippen LogP contribution in [0.25, 0.3) is 0 Å². The molecule has 0 saturated carbocycles. The largest absolute Gasteiger partial charge is 0.396 e. The number of nitrogens with zero attached hydrogens (tertiary/aromatic N) is 4. The molecule has 2 aromatic rings. The molecule has 1 aliphatic rings. The van der Waals surface area contributed by atoms with Crippen LogP contribution < -0.4 is 0 Å². The van der Waals surface area contributed by atoms with Crippen molar-refractivity contribution in [3.8, 4) is 0 Å². The van der Waals surface area contributed by atoms with Crippen LogP contribution in [0.4, 0.5) is 0 Å². The van der Waals surface area contributed by atoms with Gasteiger partial charge in [-0.05, 0) is 56.7 Å². The zero-order chi connectivity index (χ0) is 41.0. The van der Waals surface area contributed by atoms with E-state index >= 15 is 0 Å². The van der Waals surface area contributed by atoms with Gasteiger partial charge in [0.25, 0.3) is 0 Å². The number of ketones is 2. The van der Waals surface area contributed by atoms with Crippen molar-refractivity contribution in [3.05, 3.63) is 52.5 Å². The fourth-order valence-corrected chi connectivity index (χ4v) is 9.63. The Bertz CT molecular complexity index is 1480. The first kappa shape index (κ1) is 46.4. The van der Waals surface area contributed by atoms with E-state index in [0.717, 1.165) is 23.4 Å². The van der Waals surface area contributed by atoms with E-state index < -0.39 is 29.9 Å². The highest BCUT2D eigenvalue weighted by atomic mass is 32.1. The Hall–Kier alpha value is -2.99. The molecule has 0 aliphatic carbocycles. The minimum Gasteiger partial charge on any atom is -0.396 e. The van der Waals surface area contributed by atoms with Gasteiger partial charge in [-0.15, -0.1) is 11.3 Å². The number of aliphatic hydroxyl groups is 1. The van der Waals surface area contributed by atoms with E-state index in [2.05, 4.69) is 31.0 Å². The van der Waals surface area contributed by atoms with Crippen molar-refractivity contribution in [1.82, 2.24) is 19.7 Å². The molecule has 0 unspecified atom stereocenters. The van der Waals surface area contributed by atoms with Gasteiger partial charge in [0.1, 0.15) is 5.78 Å². The topological polar surface area (TPSA) is 120 Å². The van der Waals surface area contributed by atoms with E-state index in [1.54, 1.807) is 36.6 Å². The zero-order valence-corrected chi connectivity index (χ0v) is 36.3. The summed E-state index contributed by atoms with van der Waals surface area (Å²) in [6, 6.07) is 9.15. The summed E-state index contributed by atoms with van der Waals surface area (Å²) >= 11 is 1.55. The van der Waals surface area contributed by atoms with Crippen LogP contribution in [0.5, 0.6) is 0 Å². The molecule has 11 heteroatoms. The second-order valence-corrected chi connectivity index (χ2v) is 17.8. The maximum atomic E-state index is 14.3. The summed E-state index contributed by atoms with van der Waals surface area (Å²) < 4.78 is 6.07. The number of aliphatic hydroxyl groups excluding tert-OH is 1. The fraction of sp³-hybridized carbons (Fsp3) is 0.705. The van der Waals surface area contributed by atoms with Gasteiger partial charge in [0.2, 0.25) is 11.8 Å². The summed E-state index contributed by atoms with van der Waals surface area (Å²) in [5, 5.41) is 13.6. The van der Waals surface area contributed by atoms with Gasteiger partial charge in [0.05, 0.1) is 29.6 Å². The van der Waals surface area contributed by atoms with Gasteiger partial charge in [-0.2, -0.15) is 0 Å². The van der Waals surface area contributed by atoms with Crippen molar-refractivity contribution < 1.29 is 29.0 Å². The smallest absolute Gasteiger partial charge is 0.226 e. The number of benzene rings is 1. The number of ether oxygens (including phenoxy) is 1. The van der Waals surface area contributed by atoms with Crippen molar-refractivity contribution in [3.63, 3.8) is 0 Å². The van der Waals surface area contributed by atoms with Crippen LogP contribution in [0.3, 0.4) is 0 Å². The van der Waals surface area contributed by atoms with E-state index in [9.17, 15) is 24.3 Å². The molecule has 308 valence electrons. The lowest BCUT2D eigenvalue weighted by atomic mass is 9.80. The van der Waals surface area contributed by atoms with Crippen molar-refractivity contribution in [2.45, 2.75) is 124 Å². The lowest BCUT2D eigenvalue weighted by molar-refractivity contribution is -0.148. The number of Topliss-reactive ketones (excluding diaryl/α,β-unsaturated/α-hetero) is 2. The third-order valence-electron chi connectivity index (χ3n) is 12.2. The summed E-state index contributed by atoms with van der Waals surface area (Å²) in [5.74, 6) is -1.49. The molecule has 1 fully saturated rings. The molecule has 1 aromatic heterocycles. The Balaban J connectivity index is 1.79. The monoisotopic (exact) mass is 783 g/mol. The lowest BCUT2D eigenvalue weighted by Crippen LogP contribution is -2.54. The summed E-state index contributed by atoms with van der Waals surface area (Å²) in [7, 11) is 7.18. The van der Waals surface area contributed by atoms with E-state index in [1.165, 1.54) is 0 Å². The highest BCUT2D eigenvalue weighted by Gasteiger charge is 2.43. The number of thiazole rings is 1. The molecule has 9 atom stereocenters. The van der Waals surface area contributed by atoms with Crippen LogP contribution >= 0.6 is 11.3 Å². The molecule has 0 bridgehead atoms. The number of amides is 2. The number of rotatable bonds is 23. The first-order valence-corrected chi connectivity index (χ1v) is 21.3. The summed E-state index contributed by atoms with van der Waals surface area (Å²) in [5.41, 5.74) is 1.14. The standard InChI is InChI=1S/C44H70N4O6S/c1-12-30(6)42(47(10)44(53)34(28(2)3)25-38(51)41(29(4)5)46(8)9)39(54-11)26-40(52)48-21-16-19-36(48)35(27-49)31(7)37(50)24-33(43-45-20-22-55-43)23-32-17-14-13-15-18-32/h13-15,17-18,20,22,28-31,33-36,39,41-42,49H,12,16,19,21,23-27H2,1-11H3/t30-,31+,33+,34-,35+,36-,39+,41-,42-/m0/s1. The average Bonchev–Trinajstić information content (AvgIpc) is 3.87. The molecule has 1 N–H and O–H groups in total. The number of aromatic nitrogens is 1. The van der Waals surface area contributed by atoms with Gasteiger partial charge in [0, 0.05) is 81.4 Å². The van der Waals surface area contributed by atoms with Crippen LogP contribution in [0.15, 0.2) is 41.9 Å². The first-order chi connectivity index (χ1) is 26.1. The number of likely N-dealkylation sites (N-methyl/N-ethyl adjacent to an activating group) is 2. The van der Waals surface area contributed by atoms with Crippen LogP contribution in [-0.2, 0) is 30.3 Å². The highest BCUT2D eigenvalue weighted by Crippen LogP contribution is 2.35. The Labute approximate surface area is 335 Å². The normalized spacial score (nSPS) is 19.2. The second kappa shape index (κ2) is 22.1. The van der Waals surface area contributed by atoms with Crippen LogP contribution in [-0.4, -0.2) is 114 Å². The Morgan fingerprint density at radius 3 is 2.16 bits per heavy atom. The van der Waals surface area contributed by atoms with Gasteiger partial charge in [-0.3, -0.25) is 24.1 Å². The molecule has 1 aromatic carbocycles. The SMILES string of the molecule is CC[C@H](C)[C@@H]([C@@H](CC(=O)N1CCC[C@H]1[C@H](CO)[C@@H](C)C(=O)C[C@@H](Cc1ccccc1)c1nccs1)OC)N(C)C(=O)[C@@H](CC(=O)[C@H](C(C)C)N(C)C)C(C)C. The second-order valence-electron chi connectivity index (χ2n) is 16.8. The van der Waals surface area contributed by atoms with Gasteiger partial charge in [-0.1, -0.05) is 85.2 Å². The number of hydrogen-bond acceptors (Lipinski definition) is 9. The number of methoxy groups -OCH3 is 1. The molecule has 10 nitrogen and oxygen atoms in total. The van der Waals surface area contributed by atoms with Gasteiger partial charge >= 0.3 is 0 Å². The molecule has 0 spiro atoms. The minimum atomic E-state index is -0.588. The van der Waals surface area contributed by atoms with Crippen molar-refractivity contribution in [2.24, 2.45) is 35.5 Å². The molecule has 3 rings (SSSR count). The first-order valence-electron chi connectivity index (χ1n) is 20.4. The van der Waals surface area contributed by atoms with E-state index in [4.69, 9.17) is 4.74 Å². The van der Waals surface area contributed by atoms with Crippen molar-refractivity contribution >= 4 is 34.7 Å². The summed E-state index contributed by atoms with van der Waals surface area (Å²) in [4.78, 5) is 66.2. The molecule has 2 amide bonds. The van der Waals surface area contributed by atoms with Crippen molar-refractivity contribution in [2.75, 3.05) is 41.4 Å². The Kier molecular flexibility index (Phi) is 18.6. The Morgan fingerprint density at radius 2 is 1.64 bits per heavy atom. The summed E-state index contributed by atoms with van der Waals surface area (Å²) in [6.07, 6.45) is 4.64. The highest BCUT2D eigenvalue weighted by molar-refractivity contribution is 7.09. The van der Waals surface area contributed by atoms with Crippen LogP contribution in [0.1, 0.15) is 103 Å². The number of carbonyl (C=O) groups excluding carboxylic acids is 4. The molecule has 55 heavy (non-hydrogen) atoms. The molecule has 0 radical (unpaired) electrons. The van der Waals surface area contributed by atoms with Gasteiger partial charge < -0.3 is 19.6 Å². The molecule has 1 saturated heterocycles. The maximum Gasteiger partial charge on any atom is 0.226 e. The third-order valence-corrected chi connectivity index (χ3v) is 13.1. The zero-order valence-electron chi connectivity index (χ0n) is 35.4. The fourth-order valence-electron chi connectivity index (χ4n) is 8.89. The quantitative estimate of drug-likeness (QED) is 0.131. The molecular formula is C44H70N4O6S. The number of hydrogen-bond donors (Lipinski definition) is 1. The van der Waals surface area contributed by atoms with Gasteiger partial charge in [0.15, 0.2) is 5.78 Å². The van der Waals surface area contributed by atoms with Crippen LogP contribution in [0.2, 0.25) is 0 Å². The minimum absolute atomic E-state index is 0.0132. The summed E-state index contributed by atoms with van der Waals surface area (Å²) in [6.45, 7) is 14.4. The maximum absolute atomic E-state index is 14.3.